The Kier molecular flexibility index (Phi) is 10.6. The number of amides is 2. The highest BCUT2D eigenvalue weighted by molar-refractivity contribution is 7.13. The van der Waals surface area contributed by atoms with Crippen LogP contribution in [-0.2, 0) is 11.3 Å². The third-order valence-corrected chi connectivity index (χ3v) is 6.65. The Bertz CT molecular complexity index is 1380. The molecule has 2 N–H and O–H groups in total. The molecule has 2 amide bonds. The van der Waals surface area contributed by atoms with Crippen LogP contribution in [0.1, 0.15) is 26.4 Å². The Hall–Kier alpha value is -3.82. The lowest BCUT2D eigenvalue weighted by Gasteiger charge is -2.34. The van der Waals surface area contributed by atoms with Gasteiger partial charge in [0, 0.05) is 64.0 Å². The highest BCUT2D eigenvalue weighted by Gasteiger charge is 2.38. The van der Waals surface area contributed by atoms with E-state index in [0.717, 1.165) is 5.69 Å². The number of nitrogens with one attached hydrogen (secondary N) is 1. The Morgan fingerprint density at radius 2 is 1.80 bits per heavy atom. The van der Waals surface area contributed by atoms with Crippen LogP contribution in [0.2, 0.25) is 5.02 Å². The van der Waals surface area contributed by atoms with Crippen molar-refractivity contribution in [2.45, 2.75) is 12.7 Å². The molecule has 4 rings (SSSR count). The van der Waals surface area contributed by atoms with Gasteiger partial charge < -0.3 is 20.2 Å². The summed E-state index contributed by atoms with van der Waals surface area (Å²) in [7, 11) is 3.41. The molecule has 220 valence electrons. The van der Waals surface area contributed by atoms with Gasteiger partial charge in [0.05, 0.1) is 16.3 Å². The second-order valence-electron chi connectivity index (χ2n) is 8.87. The van der Waals surface area contributed by atoms with Gasteiger partial charge in [0.15, 0.2) is 10.9 Å². The molecule has 0 atom stereocenters. The van der Waals surface area contributed by atoms with Crippen LogP contribution < -0.4 is 5.32 Å². The van der Waals surface area contributed by atoms with Crippen LogP contribution in [-0.4, -0.2) is 94.0 Å². The average molecular weight is 617 g/mol. The first-order valence-corrected chi connectivity index (χ1v) is 13.2. The van der Waals surface area contributed by atoms with E-state index in [1.54, 1.807) is 43.4 Å². The monoisotopic (exact) mass is 616 g/mol. The summed E-state index contributed by atoms with van der Waals surface area (Å²) >= 11 is 7.27. The molecular weight excluding hydrogens is 592 g/mol. The van der Waals surface area contributed by atoms with Gasteiger partial charge in [-0.1, -0.05) is 17.7 Å². The van der Waals surface area contributed by atoms with Crippen molar-refractivity contribution in [2.24, 2.45) is 0 Å². The molecule has 0 radical (unpaired) electrons. The minimum atomic E-state index is -5.08. The number of carboxylic acids is 1. The molecular formula is C25H25ClF4N6O4S. The van der Waals surface area contributed by atoms with Gasteiger partial charge in [0.25, 0.3) is 11.8 Å². The summed E-state index contributed by atoms with van der Waals surface area (Å²) in [6.07, 6.45) is -3.39. The SMILES string of the molecule is CN(C)C(=O)c1cc(CN2CCN(C(=O)c3cccc(Cl)c3F)CC2)nc(Nc2nccs2)c1.O=C(O)C(F)(F)F. The van der Waals surface area contributed by atoms with Gasteiger partial charge in [-0.05, 0) is 24.3 Å². The van der Waals surface area contributed by atoms with E-state index in [1.807, 2.05) is 5.38 Å². The Morgan fingerprint density at radius 3 is 2.37 bits per heavy atom. The molecule has 3 heterocycles. The lowest BCUT2D eigenvalue weighted by Crippen LogP contribution is -2.48. The van der Waals surface area contributed by atoms with Crippen LogP contribution in [0, 0.1) is 5.82 Å². The fraction of sp³-hybridized carbons (Fsp3) is 0.320. The predicted molar refractivity (Wildman–Crippen MR) is 144 cm³/mol. The number of thiazole rings is 1. The molecule has 16 heteroatoms. The van der Waals surface area contributed by atoms with Crippen molar-refractivity contribution in [2.75, 3.05) is 45.6 Å². The number of rotatable bonds is 6. The van der Waals surface area contributed by atoms with Crippen LogP contribution in [0.4, 0.5) is 28.5 Å². The molecule has 3 aromatic rings. The molecule has 1 aromatic carbocycles. The van der Waals surface area contributed by atoms with Gasteiger partial charge >= 0.3 is 12.1 Å². The van der Waals surface area contributed by atoms with E-state index in [0.29, 0.717) is 49.2 Å². The van der Waals surface area contributed by atoms with E-state index in [-0.39, 0.29) is 22.4 Å². The lowest BCUT2D eigenvalue weighted by atomic mass is 10.1. The zero-order valence-electron chi connectivity index (χ0n) is 21.8. The first-order chi connectivity index (χ1) is 19.3. The van der Waals surface area contributed by atoms with Crippen LogP contribution in [0.15, 0.2) is 41.9 Å². The van der Waals surface area contributed by atoms with Gasteiger partial charge in [-0.3, -0.25) is 14.5 Å². The van der Waals surface area contributed by atoms with Gasteiger partial charge in [0.1, 0.15) is 5.82 Å². The molecule has 0 saturated carbocycles. The Balaban J connectivity index is 0.000000587. The number of alkyl halides is 3. The molecule has 0 unspecified atom stereocenters. The van der Waals surface area contributed by atoms with Crippen LogP contribution in [0.25, 0.3) is 0 Å². The summed E-state index contributed by atoms with van der Waals surface area (Å²) in [5, 5.41) is 12.8. The average Bonchev–Trinajstić information content (AvgIpc) is 3.42. The molecule has 0 spiro atoms. The van der Waals surface area contributed by atoms with Crippen molar-refractivity contribution in [1.29, 1.82) is 0 Å². The van der Waals surface area contributed by atoms with Crippen molar-refractivity contribution in [1.82, 2.24) is 24.7 Å². The minimum Gasteiger partial charge on any atom is -0.475 e. The molecule has 2 aromatic heterocycles. The van der Waals surface area contributed by atoms with Gasteiger partial charge in [-0.2, -0.15) is 13.2 Å². The normalized spacial score (nSPS) is 13.7. The summed E-state index contributed by atoms with van der Waals surface area (Å²) in [6.45, 7) is 2.60. The van der Waals surface area contributed by atoms with Gasteiger partial charge in [-0.25, -0.2) is 19.2 Å². The van der Waals surface area contributed by atoms with Crippen molar-refractivity contribution in [3.05, 3.63) is 69.6 Å². The zero-order valence-corrected chi connectivity index (χ0v) is 23.4. The second-order valence-corrected chi connectivity index (χ2v) is 10.2. The number of nitrogens with zero attached hydrogens (tertiary/aromatic N) is 5. The van der Waals surface area contributed by atoms with Crippen LogP contribution >= 0.6 is 22.9 Å². The number of carboxylic acid groups (broad SMARTS) is 1. The maximum atomic E-state index is 14.3. The van der Waals surface area contributed by atoms with Gasteiger partial charge in [-0.15, -0.1) is 11.3 Å². The fourth-order valence-corrected chi connectivity index (χ4v) is 4.40. The molecule has 10 nitrogen and oxygen atoms in total. The molecule has 1 aliphatic rings. The predicted octanol–water partition coefficient (Wildman–Crippen LogP) is 4.37. The number of aromatic nitrogens is 2. The number of hydrogen-bond donors (Lipinski definition) is 2. The third kappa shape index (κ3) is 8.83. The molecule has 41 heavy (non-hydrogen) atoms. The maximum absolute atomic E-state index is 14.3. The molecule has 1 saturated heterocycles. The highest BCUT2D eigenvalue weighted by atomic mass is 35.5. The molecule has 1 fully saturated rings. The maximum Gasteiger partial charge on any atom is 0.490 e. The number of benzene rings is 1. The topological polar surface area (TPSA) is 119 Å². The first kappa shape index (κ1) is 31.7. The number of hydrogen-bond acceptors (Lipinski definition) is 8. The number of carbonyl (C=O) groups excluding carboxylic acids is 2. The van der Waals surface area contributed by atoms with Crippen LogP contribution in [0.5, 0.6) is 0 Å². The van der Waals surface area contributed by atoms with Crippen molar-refractivity contribution in [3.63, 3.8) is 0 Å². The van der Waals surface area contributed by atoms with Crippen molar-refractivity contribution < 1.29 is 37.1 Å². The van der Waals surface area contributed by atoms with E-state index in [9.17, 15) is 27.2 Å². The molecule has 0 bridgehead atoms. The van der Waals surface area contributed by atoms with Crippen LogP contribution in [0.3, 0.4) is 0 Å². The van der Waals surface area contributed by atoms with Gasteiger partial charge in [0.2, 0.25) is 0 Å². The standard InChI is InChI=1S/C23H24ClFN6O2S.C2HF3O2/c1-29(2)21(32)15-12-16(27-19(13-15)28-23-26-6-11-34-23)14-30-7-9-31(10-8-30)22(33)17-4-3-5-18(24)20(17)25;3-2(4,5)1(6)7/h3-6,11-13H,7-10,14H2,1-2H3,(H,26,27,28);(H,6,7). The van der Waals surface area contributed by atoms with Crippen molar-refractivity contribution >= 4 is 51.7 Å². The second kappa shape index (κ2) is 13.7. The summed E-state index contributed by atoms with van der Waals surface area (Å²) in [5.74, 6) is -3.39. The number of piperazine rings is 1. The van der Waals surface area contributed by atoms with E-state index < -0.39 is 18.0 Å². The van der Waals surface area contributed by atoms with E-state index in [4.69, 9.17) is 21.5 Å². The zero-order chi connectivity index (χ0) is 30.3. The van der Waals surface area contributed by atoms with E-state index in [1.165, 1.54) is 28.4 Å². The smallest absolute Gasteiger partial charge is 0.475 e. The highest BCUT2D eigenvalue weighted by Crippen LogP contribution is 2.22. The molecule has 1 aliphatic heterocycles. The lowest BCUT2D eigenvalue weighted by molar-refractivity contribution is -0.192. The Morgan fingerprint density at radius 1 is 1.15 bits per heavy atom. The summed E-state index contributed by atoms with van der Waals surface area (Å²) in [5.41, 5.74) is 1.24. The summed E-state index contributed by atoms with van der Waals surface area (Å²) < 4.78 is 46.0. The number of halogens is 5. The summed E-state index contributed by atoms with van der Waals surface area (Å²) in [6, 6.07) is 7.94. The third-order valence-electron chi connectivity index (χ3n) is 5.67. The number of carbonyl (C=O) groups is 3. The quantitative estimate of drug-likeness (QED) is 0.392. The minimum absolute atomic E-state index is 0.0181. The Labute approximate surface area is 241 Å². The van der Waals surface area contributed by atoms with E-state index >= 15 is 0 Å². The number of aliphatic carboxylic acids is 1. The van der Waals surface area contributed by atoms with E-state index in [2.05, 4.69) is 20.2 Å². The first-order valence-electron chi connectivity index (χ1n) is 11.9. The fourth-order valence-electron chi connectivity index (χ4n) is 3.69. The number of anilines is 2. The largest absolute Gasteiger partial charge is 0.490 e. The molecule has 0 aliphatic carbocycles. The summed E-state index contributed by atoms with van der Waals surface area (Å²) in [4.78, 5) is 48.4. The van der Waals surface area contributed by atoms with Crippen molar-refractivity contribution in [3.8, 4) is 0 Å². The number of pyridine rings is 1.